The molecule has 0 aliphatic carbocycles. The third-order valence-corrected chi connectivity index (χ3v) is 3.57. The maximum absolute atomic E-state index is 9.39. The molecule has 0 aromatic heterocycles. The van der Waals surface area contributed by atoms with Crippen LogP contribution in [0.15, 0.2) is 48.5 Å². The van der Waals surface area contributed by atoms with Crippen LogP contribution in [0, 0.1) is 0 Å². The molecule has 2 nitrogen and oxygen atoms in total. The van der Waals surface area contributed by atoms with Crippen molar-refractivity contribution in [3.8, 4) is 5.75 Å². The van der Waals surface area contributed by atoms with Crippen molar-refractivity contribution < 1.29 is 5.11 Å². The van der Waals surface area contributed by atoms with Crippen LogP contribution in [-0.2, 0) is 6.42 Å². The van der Waals surface area contributed by atoms with Gasteiger partial charge in [-0.2, -0.15) is 0 Å². The molecule has 2 N–H and O–H groups in total. The predicted octanol–water partition coefficient (Wildman–Crippen LogP) is 4.91. The number of hydrogen-bond acceptors (Lipinski definition) is 2. The minimum Gasteiger partial charge on any atom is -0.508 e. The number of anilines is 1. The van der Waals surface area contributed by atoms with Gasteiger partial charge in [0.1, 0.15) is 5.75 Å². The Morgan fingerprint density at radius 2 is 1.70 bits per heavy atom. The summed E-state index contributed by atoms with van der Waals surface area (Å²) >= 11 is 0. The summed E-state index contributed by atoms with van der Waals surface area (Å²) in [4.78, 5) is 0. The number of phenolic OH excluding ortho intramolecular Hbond substituents is 1. The molecule has 0 spiro atoms. The van der Waals surface area contributed by atoms with Crippen LogP contribution in [0.25, 0.3) is 0 Å². The zero-order valence-corrected chi connectivity index (χ0v) is 12.3. The summed E-state index contributed by atoms with van der Waals surface area (Å²) in [6, 6.07) is 16.2. The van der Waals surface area contributed by atoms with Gasteiger partial charge in [-0.1, -0.05) is 50.6 Å². The fourth-order valence-electron chi connectivity index (χ4n) is 2.46. The van der Waals surface area contributed by atoms with Crippen LogP contribution >= 0.6 is 0 Å². The average molecular weight is 269 g/mol. The first-order valence-corrected chi connectivity index (χ1v) is 7.38. The molecule has 2 heteroatoms. The first kappa shape index (κ1) is 14.4. The number of benzene rings is 2. The lowest BCUT2D eigenvalue weighted by molar-refractivity contribution is 0.475. The molecular formula is C18H23NO. The quantitative estimate of drug-likeness (QED) is 0.781. The Balaban J connectivity index is 2.20. The summed E-state index contributed by atoms with van der Waals surface area (Å²) in [7, 11) is 0. The summed E-state index contributed by atoms with van der Waals surface area (Å²) in [6.07, 6.45) is 3.25. The van der Waals surface area contributed by atoms with Gasteiger partial charge in [0.2, 0.25) is 0 Å². The highest BCUT2D eigenvalue weighted by Crippen LogP contribution is 2.26. The Bertz CT molecular complexity index is 533. The molecule has 0 aliphatic heterocycles. The molecule has 0 amide bonds. The zero-order chi connectivity index (χ0) is 14.4. The fourth-order valence-corrected chi connectivity index (χ4v) is 2.46. The molecule has 2 rings (SSSR count). The first-order chi connectivity index (χ1) is 9.74. The smallest absolute Gasteiger partial charge is 0.115 e. The van der Waals surface area contributed by atoms with Crippen molar-refractivity contribution in [2.45, 2.75) is 39.2 Å². The minimum absolute atomic E-state index is 0.272. The van der Waals surface area contributed by atoms with Gasteiger partial charge in [-0.15, -0.1) is 0 Å². The van der Waals surface area contributed by atoms with E-state index in [4.69, 9.17) is 0 Å². The van der Waals surface area contributed by atoms with E-state index >= 15 is 0 Å². The van der Waals surface area contributed by atoms with Crippen LogP contribution in [0.2, 0.25) is 0 Å². The van der Waals surface area contributed by atoms with E-state index in [1.807, 2.05) is 12.1 Å². The molecule has 2 aromatic carbocycles. The van der Waals surface area contributed by atoms with Gasteiger partial charge in [0.05, 0.1) is 6.04 Å². The average Bonchev–Trinajstić information content (AvgIpc) is 2.48. The Hall–Kier alpha value is -1.96. The van der Waals surface area contributed by atoms with Crippen molar-refractivity contribution in [2.75, 3.05) is 5.32 Å². The zero-order valence-electron chi connectivity index (χ0n) is 12.3. The SMILES string of the molecule is CCCc1ccccc1NC(CC)c1ccc(O)cc1. The van der Waals surface area contributed by atoms with Crippen LogP contribution in [0.3, 0.4) is 0 Å². The van der Waals surface area contributed by atoms with E-state index in [-0.39, 0.29) is 6.04 Å². The van der Waals surface area contributed by atoms with Crippen molar-refractivity contribution >= 4 is 5.69 Å². The third-order valence-electron chi connectivity index (χ3n) is 3.57. The number of aromatic hydroxyl groups is 1. The summed E-state index contributed by atoms with van der Waals surface area (Å²) in [5, 5.41) is 13.0. The molecular weight excluding hydrogens is 246 g/mol. The van der Waals surface area contributed by atoms with Crippen molar-refractivity contribution in [1.82, 2.24) is 0 Å². The topological polar surface area (TPSA) is 32.3 Å². The molecule has 0 aliphatic rings. The molecule has 1 atom stereocenters. The molecule has 0 saturated carbocycles. The summed E-state index contributed by atoms with van der Waals surface area (Å²) in [6.45, 7) is 4.38. The van der Waals surface area contributed by atoms with Gasteiger partial charge in [0.25, 0.3) is 0 Å². The number of para-hydroxylation sites is 1. The number of rotatable bonds is 6. The van der Waals surface area contributed by atoms with Crippen LogP contribution in [-0.4, -0.2) is 5.11 Å². The van der Waals surface area contributed by atoms with E-state index in [1.165, 1.54) is 16.8 Å². The van der Waals surface area contributed by atoms with E-state index in [0.29, 0.717) is 5.75 Å². The van der Waals surface area contributed by atoms with Gasteiger partial charge in [-0.25, -0.2) is 0 Å². The number of nitrogens with one attached hydrogen (secondary N) is 1. The number of aryl methyl sites for hydroxylation is 1. The van der Waals surface area contributed by atoms with Gasteiger partial charge >= 0.3 is 0 Å². The highest BCUT2D eigenvalue weighted by Gasteiger charge is 2.10. The summed E-state index contributed by atoms with van der Waals surface area (Å²) < 4.78 is 0. The maximum Gasteiger partial charge on any atom is 0.115 e. The van der Waals surface area contributed by atoms with Crippen molar-refractivity contribution in [3.05, 3.63) is 59.7 Å². The Kier molecular flexibility index (Phi) is 5.05. The molecule has 1 unspecified atom stereocenters. The lowest BCUT2D eigenvalue weighted by Gasteiger charge is -2.21. The molecule has 0 radical (unpaired) electrons. The standard InChI is InChI=1S/C18H23NO/c1-3-7-14-8-5-6-9-18(14)19-17(4-2)15-10-12-16(20)13-11-15/h5-6,8-13,17,19-20H,3-4,7H2,1-2H3. The molecule has 0 saturated heterocycles. The molecule has 0 heterocycles. The van der Waals surface area contributed by atoms with Crippen LogP contribution in [0.1, 0.15) is 43.9 Å². The lowest BCUT2D eigenvalue weighted by atomic mass is 10.0. The van der Waals surface area contributed by atoms with Crippen molar-refractivity contribution in [2.24, 2.45) is 0 Å². The monoisotopic (exact) mass is 269 g/mol. The largest absolute Gasteiger partial charge is 0.508 e. The van der Waals surface area contributed by atoms with E-state index in [0.717, 1.165) is 19.3 Å². The molecule has 0 fully saturated rings. The second kappa shape index (κ2) is 6.99. The molecule has 0 bridgehead atoms. The predicted molar refractivity (Wildman–Crippen MR) is 85.2 cm³/mol. The van der Waals surface area contributed by atoms with E-state index in [1.54, 1.807) is 12.1 Å². The van der Waals surface area contributed by atoms with Crippen molar-refractivity contribution in [3.63, 3.8) is 0 Å². The van der Waals surface area contributed by atoms with Gasteiger partial charge in [-0.05, 0) is 42.2 Å². The fraction of sp³-hybridized carbons (Fsp3) is 0.333. The van der Waals surface area contributed by atoms with Crippen LogP contribution < -0.4 is 5.32 Å². The van der Waals surface area contributed by atoms with E-state index < -0.39 is 0 Å². The van der Waals surface area contributed by atoms with E-state index in [2.05, 4.69) is 43.4 Å². The van der Waals surface area contributed by atoms with Gasteiger partial charge in [-0.3, -0.25) is 0 Å². The molecule has 2 aromatic rings. The summed E-state index contributed by atoms with van der Waals surface area (Å²) in [5.74, 6) is 0.315. The molecule has 106 valence electrons. The molecule has 20 heavy (non-hydrogen) atoms. The Labute approximate surface area is 121 Å². The van der Waals surface area contributed by atoms with E-state index in [9.17, 15) is 5.11 Å². The number of hydrogen-bond donors (Lipinski definition) is 2. The Morgan fingerprint density at radius 1 is 1.00 bits per heavy atom. The normalized spacial score (nSPS) is 12.1. The van der Waals surface area contributed by atoms with Crippen molar-refractivity contribution in [1.29, 1.82) is 0 Å². The second-order valence-corrected chi connectivity index (χ2v) is 5.10. The summed E-state index contributed by atoms with van der Waals surface area (Å²) in [5.41, 5.74) is 3.79. The lowest BCUT2D eigenvalue weighted by Crippen LogP contribution is -2.11. The number of phenols is 1. The van der Waals surface area contributed by atoms with Gasteiger partial charge in [0, 0.05) is 5.69 Å². The highest BCUT2D eigenvalue weighted by atomic mass is 16.3. The highest BCUT2D eigenvalue weighted by molar-refractivity contribution is 5.53. The third kappa shape index (κ3) is 3.53. The van der Waals surface area contributed by atoms with Crippen LogP contribution in [0.5, 0.6) is 5.75 Å². The minimum atomic E-state index is 0.272. The maximum atomic E-state index is 9.39. The second-order valence-electron chi connectivity index (χ2n) is 5.10. The Morgan fingerprint density at radius 3 is 2.35 bits per heavy atom. The first-order valence-electron chi connectivity index (χ1n) is 7.38. The van der Waals surface area contributed by atoms with Gasteiger partial charge < -0.3 is 10.4 Å². The van der Waals surface area contributed by atoms with Crippen LogP contribution in [0.4, 0.5) is 5.69 Å². The van der Waals surface area contributed by atoms with Gasteiger partial charge in [0.15, 0.2) is 0 Å².